The van der Waals surface area contributed by atoms with Crippen LogP contribution in [-0.4, -0.2) is 30.4 Å². The van der Waals surface area contributed by atoms with E-state index in [0.717, 1.165) is 19.5 Å². The molecule has 3 aromatic carbocycles. The minimum absolute atomic E-state index is 0.174. The highest BCUT2D eigenvalue weighted by Crippen LogP contribution is 2.34. The van der Waals surface area contributed by atoms with E-state index in [1.165, 1.54) is 16.7 Å². The van der Waals surface area contributed by atoms with E-state index < -0.39 is 0 Å². The van der Waals surface area contributed by atoms with Crippen molar-refractivity contribution in [3.63, 3.8) is 0 Å². The molecule has 1 fully saturated rings. The Morgan fingerprint density at radius 1 is 0.867 bits per heavy atom. The van der Waals surface area contributed by atoms with Gasteiger partial charge in [-0.3, -0.25) is 4.79 Å². The lowest BCUT2D eigenvalue weighted by atomic mass is 9.89. The maximum absolute atomic E-state index is 13.3. The Hall–Kier alpha value is -2.91. The Labute approximate surface area is 179 Å². The molecule has 3 aromatic rings. The Morgan fingerprint density at radius 2 is 1.47 bits per heavy atom. The molecule has 1 aliphatic rings. The van der Waals surface area contributed by atoms with Crippen LogP contribution in [0.15, 0.2) is 91.0 Å². The number of carbonyl (C=O) groups excluding carboxylic acids is 1. The number of hydrogen-bond donors (Lipinski definition) is 1. The fourth-order valence-electron chi connectivity index (χ4n) is 4.66. The molecule has 0 radical (unpaired) electrons. The second-order valence-electron chi connectivity index (χ2n) is 8.31. The summed E-state index contributed by atoms with van der Waals surface area (Å²) in [7, 11) is 0. The van der Waals surface area contributed by atoms with Gasteiger partial charge in [-0.1, -0.05) is 91.0 Å². The normalized spacial score (nSPS) is 19.6. The molecule has 30 heavy (non-hydrogen) atoms. The van der Waals surface area contributed by atoms with Crippen molar-refractivity contribution < 1.29 is 4.79 Å². The predicted octanol–water partition coefficient (Wildman–Crippen LogP) is 4.60. The van der Waals surface area contributed by atoms with Crippen molar-refractivity contribution in [1.82, 2.24) is 4.90 Å². The standard InChI is InChI=1S/C27H30N2O/c28-18-25-19-29(20-26(25)23-14-8-3-9-15-23)27(30)17-24(22-12-6-2-7-13-22)16-21-10-4-1-5-11-21/h1-15,24-26H,16-20,28H2/t24?,25-,26+/m1/s1. The van der Waals surface area contributed by atoms with Gasteiger partial charge in [0.05, 0.1) is 0 Å². The molecule has 0 aliphatic carbocycles. The van der Waals surface area contributed by atoms with E-state index in [4.69, 9.17) is 5.73 Å². The van der Waals surface area contributed by atoms with Gasteiger partial charge >= 0.3 is 0 Å². The highest BCUT2D eigenvalue weighted by molar-refractivity contribution is 5.77. The topological polar surface area (TPSA) is 46.3 Å². The number of hydrogen-bond acceptors (Lipinski definition) is 2. The first kappa shape index (κ1) is 20.4. The number of rotatable bonds is 7. The zero-order valence-electron chi connectivity index (χ0n) is 17.4. The number of amides is 1. The minimum Gasteiger partial charge on any atom is -0.342 e. The van der Waals surface area contributed by atoms with Crippen LogP contribution in [-0.2, 0) is 11.2 Å². The minimum atomic E-state index is 0.174. The number of likely N-dealkylation sites (tertiary alicyclic amines) is 1. The summed E-state index contributed by atoms with van der Waals surface area (Å²) in [4.78, 5) is 15.4. The number of nitrogens with zero attached hydrogens (tertiary/aromatic N) is 1. The van der Waals surface area contributed by atoms with Gasteiger partial charge in [0.15, 0.2) is 0 Å². The van der Waals surface area contributed by atoms with Crippen molar-refractivity contribution in [3.8, 4) is 0 Å². The van der Waals surface area contributed by atoms with E-state index >= 15 is 0 Å². The second kappa shape index (κ2) is 9.73. The van der Waals surface area contributed by atoms with Crippen LogP contribution in [0, 0.1) is 5.92 Å². The van der Waals surface area contributed by atoms with Crippen molar-refractivity contribution in [3.05, 3.63) is 108 Å². The van der Waals surface area contributed by atoms with E-state index in [2.05, 4.69) is 72.8 Å². The van der Waals surface area contributed by atoms with Crippen LogP contribution in [0.1, 0.15) is 34.9 Å². The molecule has 3 atom stereocenters. The summed E-state index contributed by atoms with van der Waals surface area (Å²) in [5, 5.41) is 0. The predicted molar refractivity (Wildman–Crippen MR) is 122 cm³/mol. The van der Waals surface area contributed by atoms with E-state index in [1.807, 2.05) is 23.1 Å². The monoisotopic (exact) mass is 398 g/mol. The Balaban J connectivity index is 1.49. The molecule has 3 heteroatoms. The summed E-state index contributed by atoms with van der Waals surface area (Å²) in [6.07, 6.45) is 1.39. The summed E-state index contributed by atoms with van der Waals surface area (Å²) < 4.78 is 0. The molecule has 0 spiro atoms. The molecule has 3 nitrogen and oxygen atoms in total. The molecule has 154 valence electrons. The Kier molecular flexibility index (Phi) is 6.60. The van der Waals surface area contributed by atoms with Crippen LogP contribution in [0.25, 0.3) is 0 Å². The number of benzene rings is 3. The van der Waals surface area contributed by atoms with Crippen LogP contribution >= 0.6 is 0 Å². The van der Waals surface area contributed by atoms with Crippen LogP contribution in [0.4, 0.5) is 0 Å². The summed E-state index contributed by atoms with van der Waals surface area (Å²) in [5.74, 6) is 1.05. The summed E-state index contributed by atoms with van der Waals surface area (Å²) >= 11 is 0. The first-order chi connectivity index (χ1) is 14.7. The molecule has 1 saturated heterocycles. The first-order valence-electron chi connectivity index (χ1n) is 10.9. The van der Waals surface area contributed by atoms with Gasteiger partial charge < -0.3 is 10.6 Å². The Morgan fingerprint density at radius 3 is 2.10 bits per heavy atom. The number of nitrogens with two attached hydrogens (primary N) is 1. The van der Waals surface area contributed by atoms with Crippen molar-refractivity contribution in [1.29, 1.82) is 0 Å². The van der Waals surface area contributed by atoms with Crippen molar-refractivity contribution in [2.75, 3.05) is 19.6 Å². The molecule has 4 rings (SSSR count). The summed E-state index contributed by atoms with van der Waals surface area (Å²) in [6.45, 7) is 2.12. The third-order valence-corrected chi connectivity index (χ3v) is 6.34. The second-order valence-corrected chi connectivity index (χ2v) is 8.31. The molecule has 1 heterocycles. The lowest BCUT2D eigenvalue weighted by Gasteiger charge is -2.22. The molecule has 0 bridgehead atoms. The zero-order valence-corrected chi connectivity index (χ0v) is 17.4. The maximum Gasteiger partial charge on any atom is 0.223 e. The van der Waals surface area contributed by atoms with E-state index in [-0.39, 0.29) is 11.8 Å². The highest BCUT2D eigenvalue weighted by atomic mass is 16.2. The molecule has 1 unspecified atom stereocenters. The van der Waals surface area contributed by atoms with Gasteiger partial charge in [-0.15, -0.1) is 0 Å². The van der Waals surface area contributed by atoms with Crippen molar-refractivity contribution in [2.45, 2.75) is 24.7 Å². The van der Waals surface area contributed by atoms with Gasteiger partial charge in [-0.25, -0.2) is 0 Å². The van der Waals surface area contributed by atoms with Crippen molar-refractivity contribution >= 4 is 5.91 Å². The molecular weight excluding hydrogens is 368 g/mol. The molecule has 1 aliphatic heterocycles. The molecule has 2 N–H and O–H groups in total. The largest absolute Gasteiger partial charge is 0.342 e. The highest BCUT2D eigenvalue weighted by Gasteiger charge is 2.35. The Bertz CT molecular complexity index is 927. The van der Waals surface area contributed by atoms with Gasteiger partial charge in [0.25, 0.3) is 0 Å². The van der Waals surface area contributed by atoms with Gasteiger partial charge in [-0.05, 0) is 41.5 Å². The first-order valence-corrected chi connectivity index (χ1v) is 10.9. The van der Waals surface area contributed by atoms with Gasteiger partial charge in [0, 0.05) is 25.4 Å². The summed E-state index contributed by atoms with van der Waals surface area (Å²) in [6, 6.07) is 31.4. The fourth-order valence-corrected chi connectivity index (χ4v) is 4.66. The van der Waals surface area contributed by atoms with Crippen LogP contribution < -0.4 is 5.73 Å². The van der Waals surface area contributed by atoms with Crippen LogP contribution in [0.2, 0.25) is 0 Å². The van der Waals surface area contributed by atoms with Crippen LogP contribution in [0.3, 0.4) is 0 Å². The van der Waals surface area contributed by atoms with E-state index in [1.54, 1.807) is 0 Å². The fraction of sp³-hybridized carbons (Fsp3) is 0.296. The summed E-state index contributed by atoms with van der Waals surface area (Å²) in [5.41, 5.74) is 9.86. The molecular formula is C27H30N2O. The van der Waals surface area contributed by atoms with Crippen LogP contribution in [0.5, 0.6) is 0 Å². The van der Waals surface area contributed by atoms with E-state index in [9.17, 15) is 4.79 Å². The third kappa shape index (κ3) is 4.80. The SMILES string of the molecule is NC[C@@H]1CN(C(=O)CC(Cc2ccccc2)c2ccccc2)C[C@H]1c1ccccc1. The molecule has 0 saturated carbocycles. The lowest BCUT2D eigenvalue weighted by molar-refractivity contribution is -0.130. The molecule has 1 amide bonds. The number of carbonyl (C=O) groups is 1. The van der Waals surface area contributed by atoms with Crippen molar-refractivity contribution in [2.24, 2.45) is 11.7 Å². The van der Waals surface area contributed by atoms with Gasteiger partial charge in [-0.2, -0.15) is 0 Å². The smallest absolute Gasteiger partial charge is 0.223 e. The quantitative estimate of drug-likeness (QED) is 0.632. The average Bonchev–Trinajstić information content (AvgIpc) is 3.25. The maximum atomic E-state index is 13.3. The third-order valence-electron chi connectivity index (χ3n) is 6.34. The molecule has 0 aromatic heterocycles. The van der Waals surface area contributed by atoms with E-state index in [0.29, 0.717) is 24.8 Å². The van der Waals surface area contributed by atoms with Gasteiger partial charge in [0.1, 0.15) is 0 Å². The lowest BCUT2D eigenvalue weighted by Crippen LogP contribution is -2.31. The zero-order chi connectivity index (χ0) is 20.8. The average molecular weight is 399 g/mol. The van der Waals surface area contributed by atoms with Gasteiger partial charge in [0.2, 0.25) is 5.91 Å².